The Labute approximate surface area is 195 Å². The number of fused-ring (bicyclic) bond motifs is 1. The van der Waals surface area contributed by atoms with Gasteiger partial charge in [-0.05, 0) is 85.0 Å². The lowest BCUT2D eigenvalue weighted by Crippen LogP contribution is -2.35. The smallest absolute Gasteiger partial charge is 0.264 e. The molecule has 1 N–H and O–H groups in total. The predicted octanol–water partition coefficient (Wildman–Crippen LogP) is 5.04. The second-order valence-electron chi connectivity index (χ2n) is 8.10. The molecule has 0 fully saturated rings. The summed E-state index contributed by atoms with van der Waals surface area (Å²) in [6.45, 7) is 2.54. The van der Waals surface area contributed by atoms with E-state index in [2.05, 4.69) is 12.2 Å². The van der Waals surface area contributed by atoms with Crippen LogP contribution in [0.5, 0.6) is 5.75 Å². The molecule has 6 nitrogen and oxygen atoms in total. The summed E-state index contributed by atoms with van der Waals surface area (Å²) in [6.07, 6.45) is 3.51. The molecule has 7 heteroatoms. The number of nitrogens with one attached hydrogen (secondary N) is 1. The normalized spacial score (nSPS) is 13.3. The minimum absolute atomic E-state index is 0.184. The zero-order valence-corrected chi connectivity index (χ0v) is 19.7. The van der Waals surface area contributed by atoms with Crippen molar-refractivity contribution in [3.63, 3.8) is 0 Å². The zero-order valence-electron chi connectivity index (χ0n) is 18.9. The molecule has 0 aromatic heterocycles. The molecule has 4 rings (SSSR count). The number of carbonyl (C=O) groups excluding carboxylic acids is 1. The molecule has 3 aromatic rings. The minimum atomic E-state index is -3.70. The number of methoxy groups -OCH3 is 1. The fourth-order valence-corrected chi connectivity index (χ4v) is 5.62. The maximum absolute atomic E-state index is 13.3. The number of hydrogen-bond acceptors (Lipinski definition) is 4. The third-order valence-corrected chi connectivity index (χ3v) is 7.64. The van der Waals surface area contributed by atoms with Crippen molar-refractivity contribution in [3.05, 3.63) is 83.4 Å². The molecule has 1 aliphatic heterocycles. The summed E-state index contributed by atoms with van der Waals surface area (Å²) >= 11 is 0. The Morgan fingerprint density at radius 1 is 1.03 bits per heavy atom. The first-order valence-corrected chi connectivity index (χ1v) is 12.6. The van der Waals surface area contributed by atoms with Crippen LogP contribution in [0, 0.1) is 0 Å². The standard InChI is InChI=1S/C26H28N2O4S/c1-3-5-19-7-9-20(10-8-19)26(29)27-22-11-16-25-21(18-22)6-4-17-28(25)33(30,31)24-14-12-23(32-2)13-15-24/h7-16,18H,3-6,17H2,1-2H3,(H,27,29). The quantitative estimate of drug-likeness (QED) is 0.531. The summed E-state index contributed by atoms with van der Waals surface area (Å²) in [5.41, 5.74) is 4.01. The largest absolute Gasteiger partial charge is 0.497 e. The van der Waals surface area contributed by atoms with E-state index in [4.69, 9.17) is 4.74 Å². The van der Waals surface area contributed by atoms with Crippen LogP contribution in [0.4, 0.5) is 11.4 Å². The van der Waals surface area contributed by atoms with Crippen molar-refractivity contribution in [3.8, 4) is 5.75 Å². The number of nitrogens with zero attached hydrogens (tertiary/aromatic N) is 1. The third kappa shape index (κ3) is 4.88. The highest BCUT2D eigenvalue weighted by Crippen LogP contribution is 2.34. The summed E-state index contributed by atoms with van der Waals surface area (Å²) in [5, 5.41) is 2.94. The van der Waals surface area contributed by atoms with Crippen molar-refractivity contribution in [2.75, 3.05) is 23.3 Å². The summed E-state index contributed by atoms with van der Waals surface area (Å²) in [6, 6.07) is 19.4. The number of anilines is 2. The van der Waals surface area contributed by atoms with E-state index in [1.165, 1.54) is 9.87 Å². The Bertz CT molecular complexity index is 1240. The SMILES string of the molecule is CCCc1ccc(C(=O)Nc2ccc3c(c2)CCCN3S(=O)(=O)c2ccc(OC)cc2)cc1. The van der Waals surface area contributed by atoms with Crippen LogP contribution in [-0.4, -0.2) is 28.0 Å². The third-order valence-electron chi connectivity index (χ3n) is 5.82. The molecule has 0 spiro atoms. The number of sulfonamides is 1. The molecule has 1 amide bonds. The summed E-state index contributed by atoms with van der Waals surface area (Å²) in [5.74, 6) is 0.421. The molecule has 33 heavy (non-hydrogen) atoms. The number of aryl methyl sites for hydroxylation is 2. The number of carbonyl (C=O) groups is 1. The monoisotopic (exact) mass is 464 g/mol. The lowest BCUT2D eigenvalue weighted by atomic mass is 10.0. The molecular formula is C26H28N2O4S. The minimum Gasteiger partial charge on any atom is -0.497 e. The zero-order chi connectivity index (χ0) is 23.4. The van der Waals surface area contributed by atoms with E-state index in [0.29, 0.717) is 35.7 Å². The molecule has 0 saturated heterocycles. The average molecular weight is 465 g/mol. The lowest BCUT2D eigenvalue weighted by Gasteiger charge is -2.31. The number of amides is 1. The van der Waals surface area contributed by atoms with Gasteiger partial charge in [0, 0.05) is 17.8 Å². The van der Waals surface area contributed by atoms with Crippen LogP contribution >= 0.6 is 0 Å². The molecule has 0 radical (unpaired) electrons. The Hall–Kier alpha value is -3.32. The van der Waals surface area contributed by atoms with Crippen LogP contribution in [-0.2, 0) is 22.9 Å². The Morgan fingerprint density at radius 3 is 2.42 bits per heavy atom. The van der Waals surface area contributed by atoms with Crippen LogP contribution in [0.3, 0.4) is 0 Å². The van der Waals surface area contributed by atoms with Crippen LogP contribution in [0.15, 0.2) is 71.6 Å². The highest BCUT2D eigenvalue weighted by molar-refractivity contribution is 7.92. The van der Waals surface area contributed by atoms with Gasteiger partial charge in [0.2, 0.25) is 0 Å². The van der Waals surface area contributed by atoms with Gasteiger partial charge in [0.25, 0.3) is 15.9 Å². The second-order valence-corrected chi connectivity index (χ2v) is 9.96. The van der Waals surface area contributed by atoms with Gasteiger partial charge in [-0.1, -0.05) is 25.5 Å². The van der Waals surface area contributed by atoms with Gasteiger partial charge in [-0.2, -0.15) is 0 Å². The van der Waals surface area contributed by atoms with E-state index in [-0.39, 0.29) is 10.8 Å². The molecule has 172 valence electrons. The van der Waals surface area contributed by atoms with Crippen molar-refractivity contribution in [1.82, 2.24) is 0 Å². The number of ether oxygens (including phenoxy) is 1. The van der Waals surface area contributed by atoms with E-state index in [0.717, 1.165) is 24.8 Å². The number of benzene rings is 3. The Kier molecular flexibility index (Phi) is 6.70. The van der Waals surface area contributed by atoms with Gasteiger partial charge in [0.05, 0.1) is 17.7 Å². The van der Waals surface area contributed by atoms with Crippen molar-refractivity contribution in [1.29, 1.82) is 0 Å². The molecule has 0 unspecified atom stereocenters. The molecule has 0 aliphatic carbocycles. The highest BCUT2D eigenvalue weighted by atomic mass is 32.2. The van der Waals surface area contributed by atoms with Crippen LogP contribution in [0.2, 0.25) is 0 Å². The Morgan fingerprint density at radius 2 is 1.76 bits per heavy atom. The molecule has 0 bridgehead atoms. The van der Waals surface area contributed by atoms with Gasteiger partial charge in [0.1, 0.15) is 5.75 Å². The van der Waals surface area contributed by atoms with E-state index in [1.54, 1.807) is 43.5 Å². The maximum Gasteiger partial charge on any atom is 0.264 e. The van der Waals surface area contributed by atoms with Gasteiger partial charge in [-0.25, -0.2) is 8.42 Å². The fourth-order valence-electron chi connectivity index (χ4n) is 4.08. The van der Waals surface area contributed by atoms with Crippen molar-refractivity contribution >= 4 is 27.3 Å². The van der Waals surface area contributed by atoms with Crippen LogP contribution in [0.1, 0.15) is 41.3 Å². The molecule has 0 saturated carbocycles. The fraction of sp³-hybridized carbons (Fsp3) is 0.269. The van der Waals surface area contributed by atoms with Gasteiger partial charge < -0.3 is 10.1 Å². The average Bonchev–Trinajstić information content (AvgIpc) is 2.84. The van der Waals surface area contributed by atoms with Gasteiger partial charge in [0.15, 0.2) is 0 Å². The highest BCUT2D eigenvalue weighted by Gasteiger charge is 2.29. The first kappa shape index (κ1) is 22.9. The van der Waals surface area contributed by atoms with E-state index >= 15 is 0 Å². The van der Waals surface area contributed by atoms with Gasteiger partial charge in [-0.3, -0.25) is 9.10 Å². The topological polar surface area (TPSA) is 75.7 Å². The summed E-state index contributed by atoms with van der Waals surface area (Å²) in [7, 11) is -2.15. The van der Waals surface area contributed by atoms with Crippen LogP contribution in [0.25, 0.3) is 0 Å². The van der Waals surface area contributed by atoms with Crippen LogP contribution < -0.4 is 14.4 Å². The van der Waals surface area contributed by atoms with Crippen molar-refractivity contribution < 1.29 is 17.9 Å². The lowest BCUT2D eigenvalue weighted by molar-refractivity contribution is 0.102. The molecule has 3 aromatic carbocycles. The Balaban J connectivity index is 1.54. The maximum atomic E-state index is 13.3. The molecule has 1 heterocycles. The van der Waals surface area contributed by atoms with E-state index in [9.17, 15) is 13.2 Å². The number of hydrogen-bond donors (Lipinski definition) is 1. The number of rotatable bonds is 7. The van der Waals surface area contributed by atoms with Crippen molar-refractivity contribution in [2.24, 2.45) is 0 Å². The predicted molar refractivity (Wildman–Crippen MR) is 131 cm³/mol. The summed E-state index contributed by atoms with van der Waals surface area (Å²) < 4.78 is 33.2. The summed E-state index contributed by atoms with van der Waals surface area (Å²) in [4.78, 5) is 12.9. The van der Waals surface area contributed by atoms with Gasteiger partial charge in [-0.15, -0.1) is 0 Å². The molecule has 1 aliphatic rings. The molecule has 0 atom stereocenters. The second kappa shape index (κ2) is 9.67. The van der Waals surface area contributed by atoms with E-state index < -0.39 is 10.0 Å². The van der Waals surface area contributed by atoms with Crippen molar-refractivity contribution in [2.45, 2.75) is 37.5 Å². The first-order chi connectivity index (χ1) is 15.9. The van der Waals surface area contributed by atoms with E-state index in [1.807, 2.05) is 30.3 Å². The molecular weight excluding hydrogens is 436 g/mol. The van der Waals surface area contributed by atoms with Gasteiger partial charge >= 0.3 is 0 Å². The first-order valence-electron chi connectivity index (χ1n) is 11.1.